The van der Waals surface area contributed by atoms with Gasteiger partial charge >= 0.3 is 0 Å². The lowest BCUT2D eigenvalue weighted by Gasteiger charge is -2.28. The molecule has 0 radical (unpaired) electrons. The first-order valence-corrected chi connectivity index (χ1v) is 9.18. The summed E-state index contributed by atoms with van der Waals surface area (Å²) in [6, 6.07) is 9.10. The van der Waals surface area contributed by atoms with E-state index in [1.807, 2.05) is 0 Å². The second kappa shape index (κ2) is 6.66. The van der Waals surface area contributed by atoms with Crippen molar-refractivity contribution in [3.8, 4) is 5.69 Å². The fraction of sp³-hybridized carbons (Fsp3) is 0.143. The minimum atomic E-state index is -0.363. The monoisotopic (exact) mass is 389 g/mol. The third-order valence-electron chi connectivity index (χ3n) is 5.09. The van der Waals surface area contributed by atoms with Crippen molar-refractivity contribution in [1.82, 2.24) is 23.8 Å². The number of hydrogen-bond donors (Lipinski definition) is 0. The number of carbonyl (C=O) groups excluding carboxylic acids is 1. The van der Waals surface area contributed by atoms with E-state index in [2.05, 4.69) is 9.97 Å². The molecular weight excluding hydrogens is 373 g/mol. The van der Waals surface area contributed by atoms with Crippen LogP contribution in [0.4, 0.5) is 4.39 Å². The average molecular weight is 389 g/mol. The molecule has 0 saturated heterocycles. The van der Waals surface area contributed by atoms with Crippen molar-refractivity contribution < 1.29 is 9.18 Å². The van der Waals surface area contributed by atoms with Crippen molar-refractivity contribution in [3.05, 3.63) is 94.2 Å². The van der Waals surface area contributed by atoms with E-state index in [4.69, 9.17) is 0 Å². The van der Waals surface area contributed by atoms with Gasteiger partial charge in [0.2, 0.25) is 5.78 Å². The molecular formula is C21H16FN5O2. The predicted octanol–water partition coefficient (Wildman–Crippen LogP) is 2.22. The van der Waals surface area contributed by atoms with Crippen molar-refractivity contribution in [1.29, 1.82) is 0 Å². The first kappa shape index (κ1) is 17.3. The highest BCUT2D eigenvalue weighted by molar-refractivity contribution is 5.92. The summed E-state index contributed by atoms with van der Waals surface area (Å²) >= 11 is 0. The molecule has 4 aromatic rings. The van der Waals surface area contributed by atoms with E-state index >= 15 is 0 Å². The van der Waals surface area contributed by atoms with E-state index in [0.717, 1.165) is 11.1 Å². The fourth-order valence-electron chi connectivity index (χ4n) is 3.60. The van der Waals surface area contributed by atoms with Crippen LogP contribution in [0, 0.1) is 5.82 Å². The van der Waals surface area contributed by atoms with Crippen LogP contribution in [-0.4, -0.2) is 36.3 Å². The van der Waals surface area contributed by atoms with Crippen LogP contribution in [-0.2, 0) is 13.0 Å². The van der Waals surface area contributed by atoms with Crippen molar-refractivity contribution >= 4 is 11.7 Å². The van der Waals surface area contributed by atoms with Gasteiger partial charge in [-0.15, -0.1) is 0 Å². The maximum Gasteiger partial charge on any atom is 0.274 e. The Labute approximate surface area is 164 Å². The number of rotatable bonds is 2. The molecule has 0 unspecified atom stereocenters. The number of amides is 1. The van der Waals surface area contributed by atoms with Crippen LogP contribution in [0.25, 0.3) is 11.5 Å². The summed E-state index contributed by atoms with van der Waals surface area (Å²) in [5, 5.41) is 0. The Hall–Kier alpha value is -3.81. The number of fused-ring (bicyclic) bond motifs is 2. The molecule has 0 atom stereocenters. The number of carbonyl (C=O) groups is 1. The van der Waals surface area contributed by atoms with Crippen LogP contribution in [0.15, 0.2) is 66.0 Å². The first-order valence-electron chi connectivity index (χ1n) is 9.18. The summed E-state index contributed by atoms with van der Waals surface area (Å²) in [6.07, 6.45) is 7.41. The van der Waals surface area contributed by atoms with E-state index in [1.165, 1.54) is 16.7 Å². The van der Waals surface area contributed by atoms with Gasteiger partial charge in [-0.3, -0.25) is 18.6 Å². The molecule has 0 fully saturated rings. The molecule has 0 spiro atoms. The molecule has 0 N–H and O–H groups in total. The van der Waals surface area contributed by atoms with Gasteiger partial charge in [-0.2, -0.15) is 0 Å². The van der Waals surface area contributed by atoms with Crippen LogP contribution in [0.3, 0.4) is 0 Å². The SMILES string of the molecule is O=C(c1cn2cccnc2n1)N1CCc2cc(=O)n(-c3ccc(F)cc3)cc2C1. The van der Waals surface area contributed by atoms with Gasteiger partial charge in [0.25, 0.3) is 11.5 Å². The molecule has 1 aromatic carbocycles. The van der Waals surface area contributed by atoms with Crippen molar-refractivity contribution in [2.45, 2.75) is 13.0 Å². The van der Waals surface area contributed by atoms with E-state index in [0.29, 0.717) is 36.7 Å². The lowest BCUT2D eigenvalue weighted by atomic mass is 10.0. The number of pyridine rings is 1. The lowest BCUT2D eigenvalue weighted by Crippen LogP contribution is -2.37. The summed E-state index contributed by atoms with van der Waals surface area (Å²) in [4.78, 5) is 35.6. The third kappa shape index (κ3) is 3.08. The second-order valence-electron chi connectivity index (χ2n) is 6.94. The molecule has 7 nitrogen and oxygen atoms in total. The number of aromatic nitrogens is 4. The van der Waals surface area contributed by atoms with E-state index < -0.39 is 0 Å². The quantitative estimate of drug-likeness (QED) is 0.527. The summed E-state index contributed by atoms with van der Waals surface area (Å²) in [5.74, 6) is -0.0717. The molecule has 3 aromatic heterocycles. The van der Waals surface area contributed by atoms with E-state index in [-0.39, 0.29) is 17.3 Å². The summed E-state index contributed by atoms with van der Waals surface area (Å²) in [5.41, 5.74) is 2.54. The van der Waals surface area contributed by atoms with Gasteiger partial charge in [-0.1, -0.05) is 0 Å². The highest BCUT2D eigenvalue weighted by atomic mass is 19.1. The zero-order valence-corrected chi connectivity index (χ0v) is 15.3. The summed E-state index contributed by atoms with van der Waals surface area (Å²) < 4.78 is 16.4. The minimum Gasteiger partial charge on any atom is -0.333 e. The Balaban J connectivity index is 1.46. The van der Waals surface area contributed by atoms with Crippen LogP contribution < -0.4 is 5.56 Å². The summed E-state index contributed by atoms with van der Waals surface area (Å²) in [6.45, 7) is 0.879. The molecule has 0 saturated carbocycles. The first-order chi connectivity index (χ1) is 14.1. The Morgan fingerprint density at radius 3 is 2.72 bits per heavy atom. The number of hydrogen-bond acceptors (Lipinski definition) is 4. The molecule has 1 aliphatic rings. The van der Waals surface area contributed by atoms with E-state index in [1.54, 1.807) is 58.4 Å². The van der Waals surface area contributed by atoms with Gasteiger partial charge in [0.15, 0.2) is 0 Å². The number of halogens is 1. The summed E-state index contributed by atoms with van der Waals surface area (Å²) in [7, 11) is 0. The van der Waals surface area contributed by atoms with Crippen LogP contribution in [0.2, 0.25) is 0 Å². The molecule has 5 rings (SSSR count). The topological polar surface area (TPSA) is 72.5 Å². The second-order valence-corrected chi connectivity index (χ2v) is 6.94. The predicted molar refractivity (Wildman–Crippen MR) is 103 cm³/mol. The average Bonchev–Trinajstić information content (AvgIpc) is 3.17. The standard InChI is InChI=1S/C21H16FN5O2/c22-16-2-4-17(5-3-16)27-12-15-11-25(9-6-14(15)10-19(27)28)20(29)18-13-26-8-1-7-23-21(26)24-18/h1-5,7-8,10,12-13H,6,9,11H2. The molecule has 1 amide bonds. The van der Waals surface area contributed by atoms with Gasteiger partial charge in [0.1, 0.15) is 11.5 Å². The number of nitrogens with zero attached hydrogens (tertiary/aromatic N) is 5. The lowest BCUT2D eigenvalue weighted by molar-refractivity contribution is 0.0729. The zero-order chi connectivity index (χ0) is 20.0. The number of benzene rings is 1. The van der Waals surface area contributed by atoms with Gasteiger partial charge in [0.05, 0.1) is 0 Å². The van der Waals surface area contributed by atoms with E-state index in [9.17, 15) is 14.0 Å². The van der Waals surface area contributed by atoms with Crippen LogP contribution in [0.1, 0.15) is 21.6 Å². The maximum absolute atomic E-state index is 13.2. The van der Waals surface area contributed by atoms with Crippen molar-refractivity contribution in [2.24, 2.45) is 0 Å². The maximum atomic E-state index is 13.2. The molecule has 0 aliphatic carbocycles. The Morgan fingerprint density at radius 2 is 1.93 bits per heavy atom. The molecule has 4 heterocycles. The molecule has 0 bridgehead atoms. The van der Waals surface area contributed by atoms with Crippen molar-refractivity contribution in [3.63, 3.8) is 0 Å². The highest BCUT2D eigenvalue weighted by Crippen LogP contribution is 2.20. The van der Waals surface area contributed by atoms with Crippen LogP contribution >= 0.6 is 0 Å². The number of imidazole rings is 1. The molecule has 1 aliphatic heterocycles. The molecule has 29 heavy (non-hydrogen) atoms. The Kier molecular flexibility index (Phi) is 3.97. The normalized spacial score (nSPS) is 13.5. The minimum absolute atomic E-state index is 0.179. The fourth-order valence-corrected chi connectivity index (χ4v) is 3.60. The van der Waals surface area contributed by atoms with Crippen LogP contribution in [0.5, 0.6) is 0 Å². The zero-order valence-electron chi connectivity index (χ0n) is 15.3. The molecule has 8 heteroatoms. The highest BCUT2D eigenvalue weighted by Gasteiger charge is 2.25. The van der Waals surface area contributed by atoms with Gasteiger partial charge in [0, 0.05) is 49.6 Å². The smallest absolute Gasteiger partial charge is 0.274 e. The largest absolute Gasteiger partial charge is 0.333 e. The third-order valence-corrected chi connectivity index (χ3v) is 5.09. The molecule has 144 valence electrons. The van der Waals surface area contributed by atoms with Crippen molar-refractivity contribution in [2.75, 3.05) is 6.54 Å². The van der Waals surface area contributed by atoms with Gasteiger partial charge < -0.3 is 4.90 Å². The Bertz CT molecular complexity index is 1260. The van der Waals surface area contributed by atoms with Gasteiger partial charge in [-0.25, -0.2) is 14.4 Å². The van der Waals surface area contributed by atoms with Gasteiger partial charge in [-0.05, 0) is 47.9 Å². The Morgan fingerprint density at radius 1 is 1.10 bits per heavy atom.